The van der Waals surface area contributed by atoms with E-state index in [1.807, 2.05) is 0 Å². The van der Waals surface area contributed by atoms with E-state index < -0.39 is 5.97 Å². The van der Waals surface area contributed by atoms with E-state index in [0.29, 0.717) is 22.9 Å². The van der Waals surface area contributed by atoms with E-state index in [1.54, 1.807) is 55.3 Å². The fourth-order valence-corrected chi connectivity index (χ4v) is 1.54. The van der Waals surface area contributed by atoms with Gasteiger partial charge in [0.25, 0.3) is 0 Å². The van der Waals surface area contributed by atoms with Crippen molar-refractivity contribution in [1.82, 2.24) is 4.57 Å². The monoisotopic (exact) mass is 246 g/mol. The van der Waals surface area contributed by atoms with Gasteiger partial charge in [-0.3, -0.25) is 0 Å². The minimum absolute atomic E-state index is 0.348. The highest BCUT2D eigenvalue weighted by molar-refractivity contribution is 5.95. The first-order chi connectivity index (χ1) is 8.61. The second kappa shape index (κ2) is 4.83. The summed E-state index contributed by atoms with van der Waals surface area (Å²) < 4.78 is 11.9. The van der Waals surface area contributed by atoms with Crippen LogP contribution in [0.2, 0.25) is 0 Å². The maximum Gasteiger partial charge on any atom is 0.347 e. The van der Waals surface area contributed by atoms with Crippen LogP contribution in [-0.4, -0.2) is 17.6 Å². The van der Waals surface area contributed by atoms with Crippen molar-refractivity contribution in [2.45, 2.75) is 0 Å². The van der Waals surface area contributed by atoms with Crippen molar-refractivity contribution >= 4 is 11.8 Å². The minimum atomic E-state index is -0.485. The van der Waals surface area contributed by atoms with Crippen molar-refractivity contribution in [3.63, 3.8) is 0 Å². The van der Waals surface area contributed by atoms with Gasteiger partial charge in [0, 0.05) is 19.3 Å². The van der Waals surface area contributed by atoms with Crippen LogP contribution < -0.4 is 15.2 Å². The zero-order valence-corrected chi connectivity index (χ0v) is 10.2. The molecule has 94 valence electrons. The molecule has 0 aliphatic carbocycles. The Balaban J connectivity index is 2.18. The van der Waals surface area contributed by atoms with Crippen LogP contribution >= 0.6 is 0 Å². The smallest absolute Gasteiger partial charge is 0.347 e. The number of benzene rings is 1. The van der Waals surface area contributed by atoms with Crippen molar-refractivity contribution in [2.24, 2.45) is 7.05 Å². The van der Waals surface area contributed by atoms with Gasteiger partial charge in [0.1, 0.15) is 22.9 Å². The van der Waals surface area contributed by atoms with Crippen molar-refractivity contribution in [3.8, 4) is 11.5 Å². The van der Waals surface area contributed by atoms with Gasteiger partial charge < -0.3 is 19.8 Å². The Bertz CT molecular complexity index is 575. The van der Waals surface area contributed by atoms with Crippen molar-refractivity contribution in [2.75, 3.05) is 12.8 Å². The van der Waals surface area contributed by atoms with Gasteiger partial charge >= 0.3 is 5.97 Å². The summed E-state index contributed by atoms with van der Waals surface area (Å²) >= 11 is 0. The van der Waals surface area contributed by atoms with Crippen molar-refractivity contribution in [3.05, 3.63) is 42.1 Å². The molecule has 0 atom stereocenters. The zero-order chi connectivity index (χ0) is 13.1. The van der Waals surface area contributed by atoms with Crippen LogP contribution in [0.15, 0.2) is 36.5 Å². The van der Waals surface area contributed by atoms with Crippen LogP contribution in [-0.2, 0) is 7.05 Å². The lowest BCUT2D eigenvalue weighted by atomic mass is 10.3. The number of aryl methyl sites for hydroxylation is 1. The van der Waals surface area contributed by atoms with E-state index in [9.17, 15) is 4.79 Å². The molecule has 0 radical (unpaired) electrons. The Labute approximate surface area is 105 Å². The molecule has 0 unspecified atom stereocenters. The van der Waals surface area contributed by atoms with Gasteiger partial charge in [-0.1, -0.05) is 6.07 Å². The number of carbonyl (C=O) groups is 1. The first kappa shape index (κ1) is 12.0. The third kappa shape index (κ3) is 2.29. The van der Waals surface area contributed by atoms with Crippen LogP contribution in [0, 0.1) is 0 Å². The lowest BCUT2D eigenvalue weighted by Gasteiger charge is -2.06. The molecule has 0 fully saturated rings. The molecule has 1 aromatic heterocycles. The van der Waals surface area contributed by atoms with Gasteiger partial charge in [-0.25, -0.2) is 4.79 Å². The molecular weight excluding hydrogens is 232 g/mol. The molecule has 0 saturated heterocycles. The summed E-state index contributed by atoms with van der Waals surface area (Å²) in [6.07, 6.45) is 1.71. The van der Waals surface area contributed by atoms with E-state index in [-0.39, 0.29) is 0 Å². The maximum atomic E-state index is 11.9. The normalized spacial score (nSPS) is 10.1. The third-order valence-electron chi connectivity index (χ3n) is 2.59. The van der Waals surface area contributed by atoms with Crippen LogP contribution in [0.25, 0.3) is 0 Å². The van der Waals surface area contributed by atoms with Gasteiger partial charge in [0.2, 0.25) is 0 Å². The molecule has 2 aromatic rings. The number of rotatable bonds is 3. The summed E-state index contributed by atoms with van der Waals surface area (Å²) in [6.45, 7) is 0. The van der Waals surface area contributed by atoms with Gasteiger partial charge in [0.15, 0.2) is 0 Å². The molecule has 0 amide bonds. The van der Waals surface area contributed by atoms with Crippen molar-refractivity contribution in [1.29, 1.82) is 0 Å². The van der Waals surface area contributed by atoms with Crippen LogP contribution in [0.4, 0.5) is 5.82 Å². The third-order valence-corrected chi connectivity index (χ3v) is 2.59. The molecule has 0 aliphatic rings. The predicted molar refractivity (Wildman–Crippen MR) is 67.8 cm³/mol. The van der Waals surface area contributed by atoms with Gasteiger partial charge in [-0.2, -0.15) is 0 Å². The first-order valence-electron chi connectivity index (χ1n) is 5.39. The van der Waals surface area contributed by atoms with E-state index in [2.05, 4.69) is 0 Å². The van der Waals surface area contributed by atoms with Crippen LogP contribution in [0.3, 0.4) is 0 Å². The molecule has 0 saturated carbocycles. The summed E-state index contributed by atoms with van der Waals surface area (Å²) in [5.74, 6) is 0.938. The van der Waals surface area contributed by atoms with E-state index in [4.69, 9.17) is 15.2 Å². The number of ether oxygens (including phenoxy) is 2. The Morgan fingerprint density at radius 2 is 2.00 bits per heavy atom. The lowest BCUT2D eigenvalue weighted by molar-refractivity contribution is 0.0735. The zero-order valence-electron chi connectivity index (χ0n) is 10.2. The Hall–Kier alpha value is -2.43. The largest absolute Gasteiger partial charge is 0.497 e. The fraction of sp³-hybridized carbons (Fsp3) is 0.154. The second-order valence-electron chi connectivity index (χ2n) is 3.79. The second-order valence-corrected chi connectivity index (χ2v) is 3.79. The molecule has 0 aliphatic heterocycles. The molecule has 18 heavy (non-hydrogen) atoms. The van der Waals surface area contributed by atoms with Gasteiger partial charge in [0.05, 0.1) is 7.11 Å². The number of hydrogen-bond donors (Lipinski definition) is 1. The summed E-state index contributed by atoms with van der Waals surface area (Å²) in [5, 5.41) is 0. The molecule has 5 nitrogen and oxygen atoms in total. The van der Waals surface area contributed by atoms with E-state index in [1.165, 1.54) is 0 Å². The van der Waals surface area contributed by atoms with Gasteiger partial charge in [-0.15, -0.1) is 0 Å². The topological polar surface area (TPSA) is 66.5 Å². The lowest BCUT2D eigenvalue weighted by Crippen LogP contribution is -2.11. The molecule has 2 rings (SSSR count). The summed E-state index contributed by atoms with van der Waals surface area (Å²) in [7, 11) is 3.31. The number of nitrogens with two attached hydrogens (primary N) is 1. The van der Waals surface area contributed by atoms with E-state index in [0.717, 1.165) is 0 Å². The number of aromatic nitrogens is 1. The highest BCUT2D eigenvalue weighted by Crippen LogP contribution is 2.21. The average Bonchev–Trinajstić information content (AvgIpc) is 2.70. The molecule has 0 spiro atoms. The Kier molecular flexibility index (Phi) is 3.23. The predicted octanol–water partition coefficient (Wildman–Crippen LogP) is 1.84. The standard InChI is InChI=1S/C13H14N2O3/c1-15-7-6-11(12(15)14)13(16)18-10-5-3-4-9(8-10)17-2/h3-8H,14H2,1-2H3. The number of nitrogen functional groups attached to an aromatic ring is 1. The van der Waals surface area contributed by atoms with Crippen LogP contribution in [0.5, 0.6) is 11.5 Å². The molecule has 1 aromatic carbocycles. The summed E-state index contributed by atoms with van der Waals surface area (Å²) in [4.78, 5) is 11.9. The SMILES string of the molecule is COc1cccc(OC(=O)c2ccn(C)c2N)c1. The van der Waals surface area contributed by atoms with Crippen molar-refractivity contribution < 1.29 is 14.3 Å². The maximum absolute atomic E-state index is 11.9. The summed E-state index contributed by atoms with van der Waals surface area (Å²) in [6, 6.07) is 8.46. The average molecular weight is 246 g/mol. The number of methoxy groups -OCH3 is 1. The minimum Gasteiger partial charge on any atom is -0.497 e. The molecule has 1 heterocycles. The quantitative estimate of drug-likeness (QED) is 0.662. The number of anilines is 1. The highest BCUT2D eigenvalue weighted by Gasteiger charge is 2.14. The van der Waals surface area contributed by atoms with E-state index >= 15 is 0 Å². The highest BCUT2D eigenvalue weighted by atomic mass is 16.5. The molecule has 0 bridgehead atoms. The number of hydrogen-bond acceptors (Lipinski definition) is 4. The van der Waals surface area contributed by atoms with Gasteiger partial charge in [-0.05, 0) is 18.2 Å². The number of carbonyl (C=O) groups excluding carboxylic acids is 1. The molecule has 2 N–H and O–H groups in total. The number of nitrogens with zero attached hydrogens (tertiary/aromatic N) is 1. The Morgan fingerprint density at radius 3 is 2.61 bits per heavy atom. The fourth-order valence-electron chi connectivity index (χ4n) is 1.54. The molecular formula is C13H14N2O3. The van der Waals surface area contributed by atoms with Crippen LogP contribution in [0.1, 0.15) is 10.4 Å². The summed E-state index contributed by atoms with van der Waals surface area (Å²) in [5.41, 5.74) is 6.10. The molecule has 5 heteroatoms. The number of esters is 1. The first-order valence-corrected chi connectivity index (χ1v) is 5.39. The Morgan fingerprint density at radius 1 is 1.28 bits per heavy atom.